The Kier molecular flexibility index (Phi) is 7.03. The van der Waals surface area contributed by atoms with E-state index in [9.17, 15) is 21.6 Å². The molecule has 0 saturated carbocycles. The van der Waals surface area contributed by atoms with Crippen LogP contribution < -0.4 is 5.73 Å². The number of fused-ring (bicyclic) bond motifs is 1. The van der Waals surface area contributed by atoms with Crippen LogP contribution in [0.4, 0.5) is 19.0 Å². The fourth-order valence-corrected chi connectivity index (χ4v) is 3.89. The fourth-order valence-electron chi connectivity index (χ4n) is 3.03. The fraction of sp³-hybridized carbons (Fsp3) is 0.143. The number of aliphatic carboxylic acids is 1. The molecular weight excluding hydrogens is 511 g/mol. The maximum atomic E-state index is 12.0. The number of hydrogen-bond acceptors (Lipinski definition) is 7. The van der Waals surface area contributed by atoms with Crippen LogP contribution in [0.15, 0.2) is 53.9 Å². The number of carboxylic acid groups (broad SMARTS) is 1. The van der Waals surface area contributed by atoms with Gasteiger partial charge in [0.15, 0.2) is 21.3 Å². The number of aromatic nitrogens is 4. The maximum Gasteiger partial charge on any atom is 0.490 e. The molecule has 4 rings (SSSR count). The molecule has 0 radical (unpaired) electrons. The summed E-state index contributed by atoms with van der Waals surface area (Å²) in [6.07, 6.45) is 2.69. The molecule has 0 aliphatic heterocycles. The van der Waals surface area contributed by atoms with E-state index in [4.69, 9.17) is 27.2 Å². The van der Waals surface area contributed by atoms with Crippen LogP contribution in [-0.2, 0) is 14.6 Å². The number of imidazole rings is 1. The van der Waals surface area contributed by atoms with Gasteiger partial charge in [-0.1, -0.05) is 17.7 Å². The van der Waals surface area contributed by atoms with Crippen molar-refractivity contribution in [1.82, 2.24) is 19.4 Å². The third-order valence-electron chi connectivity index (χ3n) is 4.72. The summed E-state index contributed by atoms with van der Waals surface area (Å²) in [6.45, 7) is 1.91. The van der Waals surface area contributed by atoms with E-state index in [0.29, 0.717) is 27.6 Å². The molecule has 0 aliphatic carbocycles. The second-order valence-corrected chi connectivity index (χ2v) is 9.68. The number of carboxylic acids is 1. The van der Waals surface area contributed by atoms with E-state index in [1.807, 2.05) is 6.92 Å². The summed E-state index contributed by atoms with van der Waals surface area (Å²) in [7, 11) is -3.34. The third-order valence-corrected chi connectivity index (χ3v) is 6.13. The number of hydrogen-bond donors (Lipinski definition) is 2. The van der Waals surface area contributed by atoms with E-state index >= 15 is 0 Å². The Balaban J connectivity index is 0.000000429. The Labute approximate surface area is 202 Å². The quantitative estimate of drug-likeness (QED) is 0.407. The van der Waals surface area contributed by atoms with Gasteiger partial charge in [-0.25, -0.2) is 23.2 Å². The highest BCUT2D eigenvalue weighted by atomic mass is 35.5. The normalized spacial score (nSPS) is 11.7. The van der Waals surface area contributed by atoms with Crippen molar-refractivity contribution in [2.75, 3.05) is 12.0 Å². The van der Waals surface area contributed by atoms with Gasteiger partial charge in [-0.15, -0.1) is 0 Å². The molecule has 0 unspecified atom stereocenters. The van der Waals surface area contributed by atoms with Crippen LogP contribution in [0.5, 0.6) is 0 Å². The molecule has 0 aliphatic rings. The molecule has 0 bridgehead atoms. The number of nitrogen functional groups attached to an aromatic ring is 1. The number of anilines is 1. The van der Waals surface area contributed by atoms with Crippen molar-refractivity contribution in [3.8, 4) is 22.5 Å². The van der Waals surface area contributed by atoms with Crippen molar-refractivity contribution in [3.05, 3.63) is 59.6 Å². The predicted molar refractivity (Wildman–Crippen MR) is 123 cm³/mol. The Morgan fingerprint density at radius 3 is 2.40 bits per heavy atom. The van der Waals surface area contributed by atoms with Gasteiger partial charge in [0.05, 0.1) is 27.5 Å². The molecule has 0 spiro atoms. The Morgan fingerprint density at radius 2 is 1.83 bits per heavy atom. The summed E-state index contributed by atoms with van der Waals surface area (Å²) < 4.78 is 57.5. The molecule has 3 heterocycles. The summed E-state index contributed by atoms with van der Waals surface area (Å²) in [4.78, 5) is 21.9. The molecule has 4 aromatic rings. The van der Waals surface area contributed by atoms with Crippen molar-refractivity contribution in [1.29, 1.82) is 0 Å². The zero-order valence-corrected chi connectivity index (χ0v) is 19.6. The van der Waals surface area contributed by atoms with Crippen molar-refractivity contribution >= 4 is 38.9 Å². The van der Waals surface area contributed by atoms with Crippen LogP contribution in [0.1, 0.15) is 5.56 Å². The maximum absolute atomic E-state index is 12.0. The number of benzene rings is 1. The number of alkyl halides is 3. The lowest BCUT2D eigenvalue weighted by molar-refractivity contribution is -0.192. The van der Waals surface area contributed by atoms with Crippen molar-refractivity contribution < 1.29 is 31.5 Å². The SMILES string of the molecule is Cc1ccc(S(C)(=O)=O)cc1-c1cnc2c(N)nc(-c3ccncc3Cl)cn12.O=C(O)C(F)(F)F. The molecule has 35 heavy (non-hydrogen) atoms. The number of pyridine rings is 1. The number of nitrogens with zero attached hydrogens (tertiary/aromatic N) is 4. The minimum Gasteiger partial charge on any atom is -0.475 e. The van der Waals surface area contributed by atoms with Crippen LogP contribution in [0.25, 0.3) is 28.2 Å². The topological polar surface area (TPSA) is 141 Å². The zero-order chi connectivity index (χ0) is 26.1. The number of halogens is 4. The minimum atomic E-state index is -5.08. The number of nitrogens with two attached hydrogens (primary N) is 1. The van der Waals surface area contributed by atoms with Gasteiger partial charge in [0.25, 0.3) is 0 Å². The Morgan fingerprint density at radius 1 is 1.17 bits per heavy atom. The minimum absolute atomic E-state index is 0.238. The second kappa shape index (κ2) is 9.50. The molecule has 1 aromatic carbocycles. The zero-order valence-electron chi connectivity index (χ0n) is 18.1. The summed E-state index contributed by atoms with van der Waals surface area (Å²) in [6, 6.07) is 6.76. The van der Waals surface area contributed by atoms with Gasteiger partial charge in [-0.2, -0.15) is 13.2 Å². The van der Waals surface area contributed by atoms with E-state index < -0.39 is 22.0 Å². The third kappa shape index (κ3) is 5.69. The van der Waals surface area contributed by atoms with Gasteiger partial charge < -0.3 is 10.8 Å². The molecule has 0 fully saturated rings. The van der Waals surface area contributed by atoms with Crippen LogP contribution >= 0.6 is 11.6 Å². The number of rotatable bonds is 3. The van der Waals surface area contributed by atoms with Crippen molar-refractivity contribution in [2.45, 2.75) is 18.0 Å². The second-order valence-electron chi connectivity index (χ2n) is 7.26. The largest absolute Gasteiger partial charge is 0.490 e. The number of aryl methyl sites for hydroxylation is 1. The van der Waals surface area contributed by atoms with Crippen LogP contribution in [-0.4, -0.2) is 51.3 Å². The molecule has 3 N–H and O–H groups in total. The van der Waals surface area contributed by atoms with Gasteiger partial charge in [0, 0.05) is 36.0 Å². The highest BCUT2D eigenvalue weighted by Gasteiger charge is 2.38. The molecule has 184 valence electrons. The van der Waals surface area contributed by atoms with Crippen LogP contribution in [0.2, 0.25) is 5.02 Å². The molecule has 0 atom stereocenters. The monoisotopic (exact) mass is 527 g/mol. The highest BCUT2D eigenvalue weighted by Crippen LogP contribution is 2.31. The lowest BCUT2D eigenvalue weighted by Gasteiger charge is -2.10. The van der Waals surface area contributed by atoms with Gasteiger partial charge >= 0.3 is 12.1 Å². The van der Waals surface area contributed by atoms with Gasteiger partial charge in [0.1, 0.15) is 0 Å². The van der Waals surface area contributed by atoms with E-state index in [1.165, 1.54) is 12.5 Å². The smallest absolute Gasteiger partial charge is 0.475 e. The average Bonchev–Trinajstić information content (AvgIpc) is 3.18. The predicted octanol–water partition coefficient (Wildman–Crippen LogP) is 4.04. The average molecular weight is 528 g/mol. The van der Waals surface area contributed by atoms with E-state index in [1.54, 1.807) is 47.3 Å². The summed E-state index contributed by atoms with van der Waals surface area (Å²) in [5.41, 5.74) is 10.2. The molecular formula is C21H17ClF3N5O4S. The van der Waals surface area contributed by atoms with Gasteiger partial charge in [0.2, 0.25) is 0 Å². The standard InChI is InChI=1S/C19H16ClN5O2S.C2HF3O2/c1-11-3-4-12(28(2,26)27)7-14(11)17-9-23-19-18(21)24-16(10-25(17)19)13-5-6-22-8-15(13)20;3-2(4,5)1(6)7/h3-10H,1-2H3,(H2,21,24);(H,6,7). The van der Waals surface area contributed by atoms with E-state index in [2.05, 4.69) is 15.0 Å². The van der Waals surface area contributed by atoms with Crippen LogP contribution in [0.3, 0.4) is 0 Å². The number of carbonyl (C=O) groups is 1. The van der Waals surface area contributed by atoms with E-state index in [0.717, 1.165) is 11.1 Å². The van der Waals surface area contributed by atoms with Gasteiger partial charge in [-0.05, 0) is 30.7 Å². The first-order chi connectivity index (χ1) is 16.2. The summed E-state index contributed by atoms with van der Waals surface area (Å²) in [5, 5.41) is 7.57. The van der Waals surface area contributed by atoms with Crippen molar-refractivity contribution in [2.24, 2.45) is 0 Å². The first kappa shape index (κ1) is 25.9. The Hall–Kier alpha value is -3.71. The number of sulfone groups is 1. The molecule has 0 saturated heterocycles. The lowest BCUT2D eigenvalue weighted by Crippen LogP contribution is -2.21. The summed E-state index contributed by atoms with van der Waals surface area (Å²) >= 11 is 6.25. The van der Waals surface area contributed by atoms with Crippen molar-refractivity contribution in [3.63, 3.8) is 0 Å². The highest BCUT2D eigenvalue weighted by molar-refractivity contribution is 7.90. The first-order valence-electron chi connectivity index (χ1n) is 9.54. The summed E-state index contributed by atoms with van der Waals surface area (Å²) in [5.74, 6) is -2.51. The lowest BCUT2D eigenvalue weighted by atomic mass is 10.1. The Bertz CT molecular complexity index is 1540. The van der Waals surface area contributed by atoms with E-state index in [-0.39, 0.29) is 10.7 Å². The molecule has 3 aromatic heterocycles. The molecule has 14 heteroatoms. The molecule has 0 amide bonds. The molecule has 9 nitrogen and oxygen atoms in total. The van der Waals surface area contributed by atoms with Crippen LogP contribution in [0, 0.1) is 6.92 Å². The van der Waals surface area contributed by atoms with Gasteiger partial charge in [-0.3, -0.25) is 9.38 Å². The first-order valence-corrected chi connectivity index (χ1v) is 11.8.